The van der Waals surface area contributed by atoms with E-state index in [2.05, 4.69) is 38.4 Å². The van der Waals surface area contributed by atoms with Crippen molar-refractivity contribution in [2.75, 3.05) is 21.2 Å². The molecule has 3 heteroatoms. The van der Waals surface area contributed by atoms with Crippen LogP contribution in [0.1, 0.15) is 11.1 Å². The van der Waals surface area contributed by atoms with Gasteiger partial charge in [0.15, 0.2) is 0 Å². The molecular weight excluding hydrogens is 270 g/mol. The fourth-order valence-electron chi connectivity index (χ4n) is 2.37. The zero-order chi connectivity index (χ0) is 14.6. The molecule has 0 unspecified atom stereocenters. The van der Waals surface area contributed by atoms with Crippen LogP contribution in [0.4, 0.5) is 0 Å². The van der Waals surface area contributed by atoms with Crippen LogP contribution in [-0.4, -0.2) is 25.7 Å². The highest BCUT2D eigenvalue weighted by atomic mass is 35.5. The van der Waals surface area contributed by atoms with Gasteiger partial charge in [-0.25, -0.2) is 0 Å². The molecule has 0 spiro atoms. The number of ether oxygens (including phenoxy) is 1. The lowest BCUT2D eigenvalue weighted by Gasteiger charge is -2.30. The van der Waals surface area contributed by atoms with Crippen LogP contribution in [0.25, 0.3) is 0 Å². The third-order valence-electron chi connectivity index (χ3n) is 3.29. The Kier molecular flexibility index (Phi) is 4.69. The van der Waals surface area contributed by atoms with Crippen LogP contribution in [0.15, 0.2) is 48.5 Å². The lowest BCUT2D eigenvalue weighted by atomic mass is 10.1. The van der Waals surface area contributed by atoms with Crippen molar-refractivity contribution in [3.8, 4) is 5.75 Å². The Balaban J connectivity index is 2.03. The highest BCUT2D eigenvalue weighted by Crippen LogP contribution is 2.18. The van der Waals surface area contributed by atoms with E-state index in [0.717, 1.165) is 28.3 Å². The smallest absolute Gasteiger partial charge is 0.118 e. The second-order valence-corrected chi connectivity index (χ2v) is 6.16. The van der Waals surface area contributed by atoms with E-state index in [1.54, 1.807) is 7.11 Å². The number of benzene rings is 2. The summed E-state index contributed by atoms with van der Waals surface area (Å²) in [6.07, 6.45) is 0. The summed E-state index contributed by atoms with van der Waals surface area (Å²) in [5, 5.41) is 0.786. The molecule has 0 amide bonds. The van der Waals surface area contributed by atoms with Gasteiger partial charge >= 0.3 is 0 Å². The van der Waals surface area contributed by atoms with E-state index >= 15 is 0 Å². The third-order valence-corrected chi connectivity index (χ3v) is 3.55. The highest BCUT2D eigenvalue weighted by Gasteiger charge is 2.16. The molecule has 2 aromatic rings. The van der Waals surface area contributed by atoms with Crippen molar-refractivity contribution < 1.29 is 9.22 Å². The lowest BCUT2D eigenvalue weighted by Crippen LogP contribution is -2.37. The Hall–Kier alpha value is -1.51. The lowest BCUT2D eigenvalue weighted by molar-refractivity contribution is -0.916. The van der Waals surface area contributed by atoms with Crippen LogP contribution in [-0.2, 0) is 13.1 Å². The molecule has 0 saturated heterocycles. The minimum absolute atomic E-state index is 0.786. The Labute approximate surface area is 126 Å². The van der Waals surface area contributed by atoms with Crippen LogP contribution in [0.3, 0.4) is 0 Å². The van der Waals surface area contributed by atoms with Crippen LogP contribution in [0, 0.1) is 0 Å². The number of nitrogens with zero attached hydrogens (tertiary/aromatic N) is 1. The molecule has 0 aliphatic carbocycles. The van der Waals surface area contributed by atoms with Gasteiger partial charge < -0.3 is 9.22 Å². The maximum Gasteiger partial charge on any atom is 0.118 e. The van der Waals surface area contributed by atoms with Crippen molar-refractivity contribution in [3.05, 3.63) is 64.7 Å². The van der Waals surface area contributed by atoms with Gasteiger partial charge in [-0.05, 0) is 36.4 Å². The second-order valence-electron chi connectivity index (χ2n) is 5.73. The number of hydrogen-bond donors (Lipinski definition) is 0. The average Bonchev–Trinajstić information content (AvgIpc) is 2.41. The molecule has 0 bridgehead atoms. The van der Waals surface area contributed by atoms with Crippen LogP contribution in [0.2, 0.25) is 5.02 Å². The predicted octanol–water partition coefficient (Wildman–Crippen LogP) is 4.13. The van der Waals surface area contributed by atoms with E-state index in [4.69, 9.17) is 16.3 Å². The van der Waals surface area contributed by atoms with Gasteiger partial charge in [0.05, 0.1) is 21.2 Å². The van der Waals surface area contributed by atoms with Gasteiger partial charge in [-0.15, -0.1) is 0 Å². The summed E-state index contributed by atoms with van der Waals surface area (Å²) < 4.78 is 6.09. The van der Waals surface area contributed by atoms with E-state index in [1.807, 2.05) is 24.3 Å². The molecule has 2 aromatic carbocycles. The molecule has 0 aliphatic heterocycles. The normalized spacial score (nSPS) is 11.4. The van der Waals surface area contributed by atoms with E-state index in [-0.39, 0.29) is 0 Å². The first kappa shape index (κ1) is 14.9. The molecule has 0 saturated carbocycles. The zero-order valence-corrected chi connectivity index (χ0v) is 13.0. The van der Waals surface area contributed by atoms with Gasteiger partial charge in [0.1, 0.15) is 18.8 Å². The quantitative estimate of drug-likeness (QED) is 0.753. The van der Waals surface area contributed by atoms with E-state index in [1.165, 1.54) is 11.1 Å². The van der Waals surface area contributed by atoms with E-state index in [9.17, 15) is 0 Å². The fraction of sp³-hybridized carbons (Fsp3) is 0.294. The summed E-state index contributed by atoms with van der Waals surface area (Å²) in [5.74, 6) is 0.900. The summed E-state index contributed by atoms with van der Waals surface area (Å²) in [6, 6.07) is 16.4. The number of methoxy groups -OCH3 is 1. The number of quaternary nitrogens is 1. The zero-order valence-electron chi connectivity index (χ0n) is 12.3. The fourth-order valence-corrected chi connectivity index (χ4v) is 2.49. The summed E-state index contributed by atoms with van der Waals surface area (Å²) in [4.78, 5) is 0. The Morgan fingerprint density at radius 2 is 1.30 bits per heavy atom. The van der Waals surface area contributed by atoms with Crippen molar-refractivity contribution in [1.82, 2.24) is 0 Å². The monoisotopic (exact) mass is 290 g/mol. The molecular formula is C17H21ClNO+. The first-order valence-electron chi connectivity index (χ1n) is 6.68. The number of halogens is 1. The third kappa shape index (κ3) is 4.26. The van der Waals surface area contributed by atoms with Gasteiger partial charge in [0.25, 0.3) is 0 Å². The highest BCUT2D eigenvalue weighted by molar-refractivity contribution is 6.30. The molecule has 106 valence electrons. The van der Waals surface area contributed by atoms with Gasteiger partial charge in [0.2, 0.25) is 0 Å². The van der Waals surface area contributed by atoms with Crippen molar-refractivity contribution >= 4 is 11.6 Å². The first-order valence-corrected chi connectivity index (χ1v) is 7.06. The molecule has 2 rings (SSSR count). The second kappa shape index (κ2) is 6.29. The minimum Gasteiger partial charge on any atom is -0.497 e. The Bertz CT molecular complexity index is 546. The van der Waals surface area contributed by atoms with Crippen molar-refractivity contribution in [3.63, 3.8) is 0 Å². The molecule has 0 aromatic heterocycles. The van der Waals surface area contributed by atoms with Crippen LogP contribution in [0.5, 0.6) is 5.75 Å². The minimum atomic E-state index is 0.786. The molecule has 0 aliphatic rings. The topological polar surface area (TPSA) is 9.23 Å². The van der Waals surface area contributed by atoms with Gasteiger partial charge in [-0.2, -0.15) is 0 Å². The van der Waals surface area contributed by atoms with E-state index < -0.39 is 0 Å². The van der Waals surface area contributed by atoms with Crippen molar-refractivity contribution in [2.24, 2.45) is 0 Å². The molecule has 0 radical (unpaired) electrons. The van der Waals surface area contributed by atoms with Gasteiger partial charge in [-0.3, -0.25) is 0 Å². The summed E-state index contributed by atoms with van der Waals surface area (Å²) in [7, 11) is 6.16. The molecule has 0 N–H and O–H groups in total. The standard InChI is InChI=1S/C17H21ClNO/c1-19(2,12-14-4-8-16(18)9-5-14)13-15-6-10-17(20-3)11-7-15/h4-11H,12-13H2,1-3H3/q+1. The molecule has 0 heterocycles. The maximum atomic E-state index is 5.92. The molecule has 0 atom stereocenters. The molecule has 0 fully saturated rings. The van der Waals surface area contributed by atoms with Crippen molar-refractivity contribution in [2.45, 2.75) is 13.1 Å². The SMILES string of the molecule is COc1ccc(C[N+](C)(C)Cc2ccc(Cl)cc2)cc1. The number of hydrogen-bond acceptors (Lipinski definition) is 1. The van der Waals surface area contributed by atoms with Gasteiger partial charge in [-0.1, -0.05) is 23.7 Å². The first-order chi connectivity index (χ1) is 9.48. The average molecular weight is 291 g/mol. The van der Waals surface area contributed by atoms with Gasteiger partial charge in [0, 0.05) is 16.1 Å². The largest absolute Gasteiger partial charge is 0.497 e. The number of rotatable bonds is 5. The molecule has 20 heavy (non-hydrogen) atoms. The van der Waals surface area contributed by atoms with Crippen molar-refractivity contribution in [1.29, 1.82) is 0 Å². The summed E-state index contributed by atoms with van der Waals surface area (Å²) in [6.45, 7) is 1.95. The predicted molar refractivity (Wildman–Crippen MR) is 84.0 cm³/mol. The Morgan fingerprint density at radius 3 is 1.75 bits per heavy atom. The summed E-state index contributed by atoms with van der Waals surface area (Å²) >= 11 is 5.92. The summed E-state index contributed by atoms with van der Waals surface area (Å²) in [5.41, 5.74) is 2.61. The maximum absolute atomic E-state index is 5.92. The van der Waals surface area contributed by atoms with E-state index in [0.29, 0.717) is 0 Å². The van der Waals surface area contributed by atoms with Crippen LogP contribution < -0.4 is 4.74 Å². The van der Waals surface area contributed by atoms with Crippen LogP contribution >= 0.6 is 11.6 Å². The Morgan fingerprint density at radius 1 is 0.850 bits per heavy atom. The molecule has 2 nitrogen and oxygen atoms in total.